The first-order chi connectivity index (χ1) is 14.6. The van der Waals surface area contributed by atoms with Crippen LogP contribution in [0, 0.1) is 13.8 Å². The molecule has 2 aliphatic heterocycles. The maximum atomic E-state index is 6.11. The third-order valence-corrected chi connectivity index (χ3v) is 7.34. The third-order valence-electron chi connectivity index (χ3n) is 7.34. The summed E-state index contributed by atoms with van der Waals surface area (Å²) < 4.78 is 11.5. The Morgan fingerprint density at radius 1 is 1.00 bits per heavy atom. The van der Waals surface area contributed by atoms with E-state index in [0.717, 1.165) is 28.3 Å². The van der Waals surface area contributed by atoms with Crippen molar-refractivity contribution in [1.82, 2.24) is 10.1 Å². The number of nitrogens with zero attached hydrogens (tertiary/aromatic N) is 2. The summed E-state index contributed by atoms with van der Waals surface area (Å²) in [7, 11) is 3.99. The van der Waals surface area contributed by atoms with Gasteiger partial charge in [0.25, 0.3) is 0 Å². The molecule has 2 fully saturated rings. The number of likely N-dealkylation sites (N-methyl/N-ethyl adjacent to an activating group) is 1. The van der Waals surface area contributed by atoms with Gasteiger partial charge in [-0.25, -0.2) is 0 Å². The van der Waals surface area contributed by atoms with Crippen LogP contribution in [-0.4, -0.2) is 36.3 Å². The summed E-state index contributed by atoms with van der Waals surface area (Å²) in [5.74, 6) is 2.65. The summed E-state index contributed by atoms with van der Waals surface area (Å²) in [6.07, 6.45) is 3.66. The minimum absolute atomic E-state index is 0. The van der Waals surface area contributed by atoms with E-state index in [1.165, 1.54) is 30.4 Å². The molecule has 3 heterocycles. The van der Waals surface area contributed by atoms with Crippen molar-refractivity contribution in [3.05, 3.63) is 71.1 Å². The zero-order chi connectivity index (χ0) is 20.8. The molecule has 5 heteroatoms. The molecule has 4 atom stereocenters. The van der Waals surface area contributed by atoms with Crippen LogP contribution in [0.15, 0.2) is 53.1 Å². The van der Waals surface area contributed by atoms with Gasteiger partial charge < -0.3 is 9.26 Å². The number of benzene rings is 2. The molecule has 2 aromatic carbocycles. The molecule has 31 heavy (non-hydrogen) atoms. The number of fused-ring (bicyclic) bond motifs is 2. The summed E-state index contributed by atoms with van der Waals surface area (Å²) in [6.45, 7) is 4.21. The molecular formula is C26H31ClN2O2. The third kappa shape index (κ3) is 3.77. The monoisotopic (exact) mass is 438 g/mol. The van der Waals surface area contributed by atoms with Crippen molar-refractivity contribution in [3.8, 4) is 16.9 Å². The average Bonchev–Trinajstić information content (AvgIpc) is 3.24. The van der Waals surface area contributed by atoms with Gasteiger partial charge in [0, 0.05) is 23.6 Å². The van der Waals surface area contributed by atoms with Crippen molar-refractivity contribution in [2.24, 2.45) is 0 Å². The van der Waals surface area contributed by atoms with Gasteiger partial charge in [-0.15, -0.1) is 12.4 Å². The van der Waals surface area contributed by atoms with Crippen molar-refractivity contribution in [2.75, 3.05) is 14.2 Å². The Hall–Kier alpha value is -2.30. The number of halogens is 1. The normalized spacial score (nSPS) is 25.3. The van der Waals surface area contributed by atoms with Crippen LogP contribution in [0.2, 0.25) is 0 Å². The van der Waals surface area contributed by atoms with Crippen LogP contribution < -0.4 is 4.74 Å². The predicted molar refractivity (Wildman–Crippen MR) is 126 cm³/mol. The average molecular weight is 439 g/mol. The lowest BCUT2D eigenvalue weighted by Gasteiger charge is -2.42. The maximum Gasteiger partial charge on any atom is 0.150 e. The van der Waals surface area contributed by atoms with Gasteiger partial charge in [-0.3, -0.25) is 4.90 Å². The van der Waals surface area contributed by atoms with Crippen molar-refractivity contribution >= 4 is 12.4 Å². The second-order valence-electron chi connectivity index (χ2n) is 8.98. The van der Waals surface area contributed by atoms with E-state index < -0.39 is 0 Å². The van der Waals surface area contributed by atoms with Gasteiger partial charge in [0.1, 0.15) is 11.5 Å². The lowest BCUT2D eigenvalue weighted by molar-refractivity contribution is 0.122. The van der Waals surface area contributed by atoms with Gasteiger partial charge in [0.2, 0.25) is 0 Å². The van der Waals surface area contributed by atoms with Crippen LogP contribution in [0.5, 0.6) is 5.75 Å². The lowest BCUT2D eigenvalue weighted by atomic mass is 9.73. The van der Waals surface area contributed by atoms with Crippen molar-refractivity contribution in [3.63, 3.8) is 0 Å². The van der Waals surface area contributed by atoms with E-state index in [4.69, 9.17) is 9.26 Å². The fourth-order valence-electron chi connectivity index (χ4n) is 5.70. The fourth-order valence-corrected chi connectivity index (χ4v) is 5.70. The largest absolute Gasteiger partial charge is 0.497 e. The van der Waals surface area contributed by atoms with Gasteiger partial charge in [-0.05, 0) is 69.3 Å². The fraction of sp³-hybridized carbons (Fsp3) is 0.423. The Balaban J connectivity index is 0.00000231. The standard InChI is InChI=1S/C26H30N2O2.ClH/c1-16-5-7-18(8-6-16)22-15-20-11-14-23(28(20)3)25(22)26-24(17(2)27-30-26)19-9-12-21(29-4)13-10-19;/h5-10,12-13,20,22-23,25H,11,14-15H2,1-4H3;1H/t20?,22-,23?,25+;/m1./s1. The molecule has 2 saturated heterocycles. The van der Waals surface area contributed by atoms with Crippen LogP contribution in [0.1, 0.15) is 53.7 Å². The second kappa shape index (κ2) is 8.68. The number of hydrogen-bond donors (Lipinski definition) is 0. The molecule has 2 aliphatic rings. The first-order valence-electron chi connectivity index (χ1n) is 11.0. The van der Waals surface area contributed by atoms with Crippen LogP contribution >= 0.6 is 12.4 Å². The first kappa shape index (κ1) is 21.9. The van der Waals surface area contributed by atoms with Crippen molar-refractivity contribution < 1.29 is 9.26 Å². The molecule has 0 aliphatic carbocycles. The number of aromatic nitrogens is 1. The van der Waals surface area contributed by atoms with Gasteiger partial charge >= 0.3 is 0 Å². The summed E-state index contributed by atoms with van der Waals surface area (Å²) in [5.41, 5.74) is 5.99. The van der Waals surface area contributed by atoms with Gasteiger partial charge in [-0.1, -0.05) is 47.1 Å². The highest BCUT2D eigenvalue weighted by Gasteiger charge is 2.49. The van der Waals surface area contributed by atoms with Crippen LogP contribution in [0.4, 0.5) is 0 Å². The minimum Gasteiger partial charge on any atom is -0.497 e. The highest BCUT2D eigenvalue weighted by atomic mass is 35.5. The maximum absolute atomic E-state index is 6.11. The number of rotatable bonds is 4. The van der Waals surface area contributed by atoms with E-state index in [1.54, 1.807) is 7.11 Å². The molecule has 4 nitrogen and oxygen atoms in total. The number of hydrogen-bond acceptors (Lipinski definition) is 4. The molecule has 0 radical (unpaired) electrons. The zero-order valence-electron chi connectivity index (χ0n) is 18.7. The van der Waals surface area contributed by atoms with E-state index in [9.17, 15) is 0 Å². The summed E-state index contributed by atoms with van der Waals surface area (Å²) in [5, 5.41) is 4.44. The van der Waals surface area contributed by atoms with E-state index in [1.807, 2.05) is 12.1 Å². The molecule has 3 aromatic rings. The minimum atomic E-state index is 0. The van der Waals surface area contributed by atoms with Crippen molar-refractivity contribution in [2.45, 2.75) is 57.0 Å². The zero-order valence-corrected chi connectivity index (χ0v) is 19.5. The van der Waals surface area contributed by atoms with Crippen LogP contribution in [0.25, 0.3) is 11.1 Å². The summed E-state index contributed by atoms with van der Waals surface area (Å²) in [6, 6.07) is 18.5. The molecule has 2 bridgehead atoms. The molecular weight excluding hydrogens is 408 g/mol. The molecule has 0 N–H and O–H groups in total. The topological polar surface area (TPSA) is 38.5 Å². The number of piperidine rings is 1. The van der Waals surface area contributed by atoms with E-state index in [0.29, 0.717) is 23.9 Å². The lowest BCUT2D eigenvalue weighted by Crippen LogP contribution is -2.44. The SMILES string of the molecule is COc1ccc(-c2c(C)noc2[C@@H]2C3CCC(C[C@@H]2c2ccc(C)cc2)N3C)cc1.Cl. The van der Waals surface area contributed by atoms with Gasteiger partial charge in [0.05, 0.1) is 12.8 Å². The molecule has 2 unspecified atom stereocenters. The molecule has 0 amide bonds. The Labute approximate surface area is 191 Å². The Morgan fingerprint density at radius 2 is 1.71 bits per heavy atom. The number of aryl methyl sites for hydroxylation is 2. The van der Waals surface area contributed by atoms with E-state index in [-0.39, 0.29) is 12.4 Å². The van der Waals surface area contributed by atoms with Crippen LogP contribution in [0.3, 0.4) is 0 Å². The Bertz CT molecular complexity index is 1030. The highest BCUT2D eigenvalue weighted by molar-refractivity contribution is 5.85. The van der Waals surface area contributed by atoms with Crippen molar-refractivity contribution in [1.29, 1.82) is 0 Å². The molecule has 1 aromatic heterocycles. The highest BCUT2D eigenvalue weighted by Crippen LogP contribution is 2.53. The second-order valence-corrected chi connectivity index (χ2v) is 8.98. The predicted octanol–water partition coefficient (Wildman–Crippen LogP) is 6.12. The quantitative estimate of drug-likeness (QED) is 0.491. The van der Waals surface area contributed by atoms with Gasteiger partial charge in [-0.2, -0.15) is 0 Å². The number of ether oxygens (including phenoxy) is 1. The molecule has 0 spiro atoms. The smallest absolute Gasteiger partial charge is 0.150 e. The summed E-state index contributed by atoms with van der Waals surface area (Å²) >= 11 is 0. The molecule has 0 saturated carbocycles. The summed E-state index contributed by atoms with van der Waals surface area (Å²) in [4.78, 5) is 2.59. The molecule has 164 valence electrons. The van der Waals surface area contributed by atoms with E-state index >= 15 is 0 Å². The molecule has 5 rings (SSSR count). The van der Waals surface area contributed by atoms with E-state index in [2.05, 4.69) is 67.3 Å². The Morgan fingerprint density at radius 3 is 2.39 bits per heavy atom. The van der Waals surface area contributed by atoms with Gasteiger partial charge in [0.15, 0.2) is 0 Å². The first-order valence-corrected chi connectivity index (χ1v) is 11.0. The van der Waals surface area contributed by atoms with Crippen LogP contribution in [-0.2, 0) is 0 Å². The Kier molecular flexibility index (Phi) is 6.14. The number of methoxy groups -OCH3 is 1.